The lowest BCUT2D eigenvalue weighted by Gasteiger charge is -2.49. The van der Waals surface area contributed by atoms with Crippen LogP contribution in [0.4, 0.5) is 4.39 Å². The maximum absolute atomic E-state index is 14.4. The van der Waals surface area contributed by atoms with Gasteiger partial charge in [-0.3, -0.25) is 9.59 Å². The second kappa shape index (κ2) is 13.1. The highest BCUT2D eigenvalue weighted by atomic mass is 79.9. The first-order valence-corrected chi connectivity index (χ1v) is 17.3. The molecular formula is C40H43BrFNO4. The Labute approximate surface area is 286 Å². The van der Waals surface area contributed by atoms with Gasteiger partial charge in [0.15, 0.2) is 23.1 Å². The standard InChI is InChI=1S/C40H43BrFNO4/c1-6-46-34-19-27(18-28(41)38(34)47-24-26-14-10-11-15-29(26)42)35-36-30(20-39(2,3)22-32(36)44)43(17-16-25-12-8-7-9-13-25)31-21-40(4,5)23-33(45)37(31)35/h7-15,18-19,35H,6,16-17,20-24H2,1-5H3. The van der Waals surface area contributed by atoms with Crippen molar-refractivity contribution < 1.29 is 23.5 Å². The third kappa shape index (κ3) is 6.83. The molecule has 0 unspecified atom stereocenters. The first-order chi connectivity index (χ1) is 22.4. The van der Waals surface area contributed by atoms with E-state index in [1.165, 1.54) is 11.6 Å². The van der Waals surface area contributed by atoms with Crippen LogP contribution in [0, 0.1) is 16.6 Å². The van der Waals surface area contributed by atoms with E-state index in [1.54, 1.807) is 18.2 Å². The quantitative estimate of drug-likeness (QED) is 0.223. The number of ether oxygens (including phenoxy) is 2. The Morgan fingerprint density at radius 3 is 2.02 bits per heavy atom. The molecule has 0 fully saturated rings. The second-order valence-electron chi connectivity index (χ2n) is 14.6. The fourth-order valence-electron chi connectivity index (χ4n) is 7.46. The molecule has 246 valence electrons. The number of hydrogen-bond acceptors (Lipinski definition) is 5. The summed E-state index contributed by atoms with van der Waals surface area (Å²) >= 11 is 3.72. The van der Waals surface area contributed by atoms with Crippen molar-refractivity contribution in [2.24, 2.45) is 10.8 Å². The summed E-state index contributed by atoms with van der Waals surface area (Å²) < 4.78 is 27.3. The summed E-state index contributed by atoms with van der Waals surface area (Å²) in [5.74, 6) is 0.254. The van der Waals surface area contributed by atoms with Gasteiger partial charge in [0.05, 0.1) is 11.1 Å². The number of halogens is 2. The molecule has 0 saturated carbocycles. The number of nitrogens with zero attached hydrogens (tertiary/aromatic N) is 1. The van der Waals surface area contributed by atoms with E-state index in [0.717, 1.165) is 47.4 Å². The molecule has 0 N–H and O–H groups in total. The second-order valence-corrected chi connectivity index (χ2v) is 15.4. The van der Waals surface area contributed by atoms with Gasteiger partial charge in [-0.15, -0.1) is 0 Å². The van der Waals surface area contributed by atoms with Crippen LogP contribution in [0.25, 0.3) is 0 Å². The highest BCUT2D eigenvalue weighted by Gasteiger charge is 2.49. The van der Waals surface area contributed by atoms with Gasteiger partial charge in [0.2, 0.25) is 0 Å². The molecule has 2 aliphatic carbocycles. The molecule has 7 heteroatoms. The van der Waals surface area contributed by atoms with E-state index in [1.807, 2.05) is 25.1 Å². The molecule has 0 atom stereocenters. The van der Waals surface area contributed by atoms with E-state index in [-0.39, 0.29) is 34.8 Å². The van der Waals surface area contributed by atoms with Gasteiger partial charge in [-0.25, -0.2) is 4.39 Å². The largest absolute Gasteiger partial charge is 0.490 e. The van der Waals surface area contributed by atoms with Crippen LogP contribution < -0.4 is 9.47 Å². The molecule has 6 rings (SSSR count). The summed E-state index contributed by atoms with van der Waals surface area (Å²) in [5, 5.41) is 0. The number of carbonyl (C=O) groups excluding carboxylic acids is 2. The molecular weight excluding hydrogens is 657 g/mol. The molecule has 1 heterocycles. The van der Waals surface area contributed by atoms with Gasteiger partial charge in [0, 0.05) is 53.4 Å². The van der Waals surface area contributed by atoms with Gasteiger partial charge in [-0.1, -0.05) is 76.2 Å². The number of hydrogen-bond donors (Lipinski definition) is 0. The van der Waals surface area contributed by atoms with Crippen molar-refractivity contribution in [3.05, 3.63) is 116 Å². The SMILES string of the molecule is CCOc1cc(C2C3=C(CC(C)(C)CC3=O)N(CCc3ccccc3)C3=C2C(=O)CC(C)(C)C3)cc(Br)c1OCc1ccccc1F. The monoisotopic (exact) mass is 699 g/mol. The lowest BCUT2D eigenvalue weighted by molar-refractivity contribution is -0.119. The smallest absolute Gasteiger partial charge is 0.175 e. The minimum atomic E-state index is -0.517. The van der Waals surface area contributed by atoms with E-state index in [9.17, 15) is 14.0 Å². The maximum Gasteiger partial charge on any atom is 0.175 e. The number of Topliss-reactive ketones (excluding diaryl/α,β-unsaturated/α-hetero) is 2. The number of allylic oxidation sites excluding steroid dienone is 4. The zero-order valence-electron chi connectivity index (χ0n) is 27.9. The fourth-order valence-corrected chi connectivity index (χ4v) is 8.03. The Bertz CT molecular complexity index is 1720. The van der Waals surface area contributed by atoms with E-state index in [2.05, 4.69) is 72.8 Å². The van der Waals surface area contributed by atoms with Gasteiger partial charge in [0.1, 0.15) is 12.4 Å². The Hall–Kier alpha value is -3.71. The summed E-state index contributed by atoms with van der Waals surface area (Å²) in [5.41, 5.74) is 5.55. The van der Waals surface area contributed by atoms with Crippen LogP contribution in [0.15, 0.2) is 93.7 Å². The molecule has 0 radical (unpaired) electrons. The molecule has 3 aromatic carbocycles. The van der Waals surface area contributed by atoms with E-state index < -0.39 is 5.92 Å². The number of carbonyl (C=O) groups is 2. The van der Waals surface area contributed by atoms with Crippen molar-refractivity contribution in [2.75, 3.05) is 13.2 Å². The Kier molecular flexibility index (Phi) is 9.23. The fraction of sp³-hybridized carbons (Fsp3) is 0.400. The zero-order valence-corrected chi connectivity index (χ0v) is 29.5. The third-order valence-corrected chi connectivity index (χ3v) is 10.1. The zero-order chi connectivity index (χ0) is 33.5. The van der Waals surface area contributed by atoms with Crippen LogP contribution in [-0.2, 0) is 22.6 Å². The number of ketones is 2. The minimum Gasteiger partial charge on any atom is -0.490 e. The molecule has 3 aromatic rings. The van der Waals surface area contributed by atoms with E-state index >= 15 is 0 Å². The van der Waals surface area contributed by atoms with Gasteiger partial charge >= 0.3 is 0 Å². The molecule has 0 spiro atoms. The predicted octanol–water partition coefficient (Wildman–Crippen LogP) is 9.49. The normalized spacial score (nSPS) is 19.1. The molecule has 1 aliphatic heterocycles. The highest BCUT2D eigenvalue weighted by Crippen LogP contribution is 2.55. The van der Waals surface area contributed by atoms with E-state index in [0.29, 0.717) is 47.5 Å². The summed E-state index contributed by atoms with van der Waals surface area (Å²) in [6, 6.07) is 20.8. The summed E-state index contributed by atoms with van der Waals surface area (Å²) in [6.07, 6.45) is 3.12. The molecule has 3 aliphatic rings. The lowest BCUT2D eigenvalue weighted by Crippen LogP contribution is -2.45. The number of benzene rings is 3. The lowest BCUT2D eigenvalue weighted by atomic mass is 9.63. The van der Waals surface area contributed by atoms with Crippen LogP contribution in [-0.4, -0.2) is 29.6 Å². The van der Waals surface area contributed by atoms with E-state index in [4.69, 9.17) is 9.47 Å². The topological polar surface area (TPSA) is 55.8 Å². The molecule has 0 saturated heterocycles. The van der Waals surface area contributed by atoms with Crippen LogP contribution in [0.2, 0.25) is 0 Å². The van der Waals surface area contributed by atoms with Crippen molar-refractivity contribution in [1.29, 1.82) is 0 Å². The summed E-state index contributed by atoms with van der Waals surface area (Å²) in [6.45, 7) is 11.6. The Morgan fingerprint density at radius 2 is 1.43 bits per heavy atom. The molecule has 47 heavy (non-hydrogen) atoms. The van der Waals surface area contributed by atoms with Crippen LogP contribution in [0.1, 0.15) is 82.9 Å². The van der Waals surface area contributed by atoms with Gasteiger partial charge in [0.25, 0.3) is 0 Å². The van der Waals surface area contributed by atoms with Gasteiger partial charge in [-0.2, -0.15) is 0 Å². The van der Waals surface area contributed by atoms with Crippen LogP contribution in [0.5, 0.6) is 11.5 Å². The van der Waals surface area contributed by atoms with Crippen molar-refractivity contribution >= 4 is 27.5 Å². The highest BCUT2D eigenvalue weighted by molar-refractivity contribution is 9.10. The third-order valence-electron chi connectivity index (χ3n) is 9.48. The predicted molar refractivity (Wildman–Crippen MR) is 186 cm³/mol. The van der Waals surface area contributed by atoms with Gasteiger partial charge in [-0.05, 0) is 82.3 Å². The van der Waals surface area contributed by atoms with Crippen molar-refractivity contribution in [2.45, 2.75) is 79.2 Å². The van der Waals surface area contributed by atoms with Crippen molar-refractivity contribution in [3.63, 3.8) is 0 Å². The summed E-state index contributed by atoms with van der Waals surface area (Å²) in [4.78, 5) is 30.9. The number of rotatable bonds is 9. The van der Waals surface area contributed by atoms with Crippen molar-refractivity contribution in [3.8, 4) is 11.5 Å². The molecule has 0 amide bonds. The minimum absolute atomic E-state index is 0.0240. The molecule has 0 aromatic heterocycles. The average molecular weight is 701 g/mol. The molecule has 5 nitrogen and oxygen atoms in total. The van der Waals surface area contributed by atoms with Crippen LogP contribution >= 0.6 is 15.9 Å². The maximum atomic E-state index is 14.4. The molecule has 0 bridgehead atoms. The Balaban J connectivity index is 1.49. The summed E-state index contributed by atoms with van der Waals surface area (Å²) in [7, 11) is 0. The Morgan fingerprint density at radius 1 is 0.830 bits per heavy atom. The van der Waals surface area contributed by atoms with Crippen molar-refractivity contribution in [1.82, 2.24) is 4.90 Å². The van der Waals surface area contributed by atoms with Crippen LogP contribution in [0.3, 0.4) is 0 Å². The average Bonchev–Trinajstić information content (AvgIpc) is 2.99. The first-order valence-electron chi connectivity index (χ1n) is 16.5. The first kappa shape index (κ1) is 33.2. The van der Waals surface area contributed by atoms with Gasteiger partial charge < -0.3 is 14.4 Å².